The molecule has 1 aromatic heterocycles. The summed E-state index contributed by atoms with van der Waals surface area (Å²) >= 11 is 1.40. The van der Waals surface area contributed by atoms with Crippen LogP contribution in [-0.4, -0.2) is 66.2 Å². The van der Waals surface area contributed by atoms with Crippen LogP contribution >= 0.6 is 11.3 Å². The Morgan fingerprint density at radius 2 is 1.72 bits per heavy atom. The topological polar surface area (TPSA) is 117 Å². The minimum Gasteiger partial charge on any atom is -0.345 e. The minimum atomic E-state index is -3.71. The normalized spacial score (nSPS) is 14.2. The zero-order valence-electron chi connectivity index (χ0n) is 21.3. The van der Waals surface area contributed by atoms with Gasteiger partial charge in [0.2, 0.25) is 10.0 Å². The Hall–Kier alpha value is -3.87. The molecule has 0 atom stereocenters. The lowest BCUT2D eigenvalue weighted by Gasteiger charge is -2.34. The van der Waals surface area contributed by atoms with E-state index in [4.69, 9.17) is 0 Å². The maximum absolute atomic E-state index is 13.2. The molecule has 0 spiro atoms. The highest BCUT2D eigenvalue weighted by Gasteiger charge is 2.26. The van der Waals surface area contributed by atoms with E-state index in [1.165, 1.54) is 39.9 Å². The molecule has 0 radical (unpaired) electrons. The van der Waals surface area contributed by atoms with Crippen molar-refractivity contribution in [3.8, 4) is 0 Å². The van der Waals surface area contributed by atoms with E-state index in [2.05, 4.69) is 9.88 Å². The number of nitrogens with zero attached hydrogens (tertiary/aromatic N) is 5. The maximum atomic E-state index is 13.2. The van der Waals surface area contributed by atoms with Crippen LogP contribution in [0.4, 0.5) is 10.8 Å². The fraction of sp³-hybridized carbons (Fsp3) is 0.259. The Bertz CT molecular complexity index is 1600. The number of benzene rings is 3. The van der Waals surface area contributed by atoms with Gasteiger partial charge in [0, 0.05) is 57.0 Å². The number of aromatic nitrogens is 1. The van der Waals surface area contributed by atoms with Crippen molar-refractivity contribution in [1.29, 1.82) is 0 Å². The van der Waals surface area contributed by atoms with E-state index < -0.39 is 14.9 Å². The lowest BCUT2D eigenvalue weighted by Crippen LogP contribution is -2.48. The van der Waals surface area contributed by atoms with Gasteiger partial charge in [0.05, 0.1) is 20.0 Å². The first kappa shape index (κ1) is 26.7. The Morgan fingerprint density at radius 3 is 2.36 bits per heavy atom. The number of hydrogen-bond donors (Lipinski definition) is 0. The van der Waals surface area contributed by atoms with Crippen LogP contribution in [0.3, 0.4) is 0 Å². The Labute approximate surface area is 230 Å². The van der Waals surface area contributed by atoms with E-state index in [0.29, 0.717) is 43.8 Å². The largest absolute Gasteiger partial charge is 0.345 e. The second-order valence-corrected chi connectivity index (χ2v) is 12.1. The summed E-state index contributed by atoms with van der Waals surface area (Å²) in [6.07, 6.45) is 0. The zero-order valence-corrected chi connectivity index (χ0v) is 22.9. The van der Waals surface area contributed by atoms with Crippen molar-refractivity contribution in [2.24, 2.45) is 0 Å². The molecule has 1 amide bonds. The molecule has 12 heteroatoms. The van der Waals surface area contributed by atoms with Crippen LogP contribution in [0.5, 0.6) is 0 Å². The molecule has 10 nitrogen and oxygen atoms in total. The van der Waals surface area contributed by atoms with Gasteiger partial charge in [0.15, 0.2) is 5.13 Å². The molecule has 3 aromatic carbocycles. The van der Waals surface area contributed by atoms with Gasteiger partial charge in [-0.05, 0) is 35.9 Å². The van der Waals surface area contributed by atoms with Crippen molar-refractivity contribution in [3.05, 3.63) is 94.0 Å². The second-order valence-electron chi connectivity index (χ2n) is 9.13. The van der Waals surface area contributed by atoms with Crippen LogP contribution in [0.15, 0.2) is 77.7 Å². The number of nitro benzene ring substituents is 1. The van der Waals surface area contributed by atoms with Gasteiger partial charge in [-0.1, -0.05) is 48.6 Å². The number of rotatable bonds is 8. The smallest absolute Gasteiger partial charge is 0.270 e. The molecular weight excluding hydrogens is 538 g/mol. The van der Waals surface area contributed by atoms with Crippen LogP contribution in [0.1, 0.15) is 22.8 Å². The summed E-state index contributed by atoms with van der Waals surface area (Å²) in [5, 5.41) is 11.8. The van der Waals surface area contributed by atoms with Crippen molar-refractivity contribution >= 4 is 48.3 Å². The molecule has 1 saturated heterocycles. The second kappa shape index (κ2) is 11.1. The number of nitro groups is 1. The highest BCUT2D eigenvalue weighted by atomic mass is 32.2. The molecule has 202 valence electrons. The Morgan fingerprint density at radius 1 is 1.03 bits per heavy atom. The lowest BCUT2D eigenvalue weighted by atomic mass is 10.2. The van der Waals surface area contributed by atoms with E-state index in [9.17, 15) is 23.3 Å². The van der Waals surface area contributed by atoms with Gasteiger partial charge in [-0.3, -0.25) is 14.9 Å². The summed E-state index contributed by atoms with van der Waals surface area (Å²) in [7, 11) is -3.71. The summed E-state index contributed by atoms with van der Waals surface area (Å²) in [6, 6.07) is 20.2. The van der Waals surface area contributed by atoms with Crippen LogP contribution < -0.4 is 4.90 Å². The van der Waals surface area contributed by atoms with E-state index >= 15 is 0 Å². The predicted octanol–water partition coefficient (Wildman–Crippen LogP) is 4.38. The van der Waals surface area contributed by atoms with E-state index in [0.717, 1.165) is 15.4 Å². The first-order valence-electron chi connectivity index (χ1n) is 12.5. The van der Waals surface area contributed by atoms with Gasteiger partial charge >= 0.3 is 0 Å². The summed E-state index contributed by atoms with van der Waals surface area (Å²) in [5.41, 5.74) is 2.08. The lowest BCUT2D eigenvalue weighted by molar-refractivity contribution is -0.384. The van der Waals surface area contributed by atoms with Crippen molar-refractivity contribution < 1.29 is 18.1 Å². The molecule has 4 aromatic rings. The Balaban J connectivity index is 1.23. The van der Waals surface area contributed by atoms with Crippen molar-refractivity contribution in [2.75, 3.05) is 37.6 Å². The monoisotopic (exact) mass is 565 g/mol. The maximum Gasteiger partial charge on any atom is 0.270 e. The van der Waals surface area contributed by atoms with Gasteiger partial charge < -0.3 is 9.80 Å². The third-order valence-electron chi connectivity index (χ3n) is 6.70. The predicted molar refractivity (Wildman–Crippen MR) is 151 cm³/mol. The van der Waals surface area contributed by atoms with Crippen LogP contribution in [0.25, 0.3) is 10.2 Å². The number of anilines is 1. The number of amides is 1. The standard InChI is InChI=1S/C27H27N5O5S2/c1-2-31(19-20-6-4-3-5-7-20)39(36,37)23-11-8-21(9-12-23)26(33)29-14-16-30(17-15-29)27-28-24-13-10-22(32(34)35)18-25(24)38-27/h3-13,18H,2,14-17,19H2,1H3. The van der Waals surface area contributed by atoms with Crippen molar-refractivity contribution in [1.82, 2.24) is 14.2 Å². The number of thiazole rings is 1. The van der Waals surface area contributed by atoms with Gasteiger partial charge in [-0.2, -0.15) is 4.31 Å². The van der Waals surface area contributed by atoms with Gasteiger partial charge in [0.1, 0.15) is 0 Å². The number of non-ortho nitro benzene ring substituents is 1. The average Bonchev–Trinajstić information content (AvgIpc) is 3.40. The third-order valence-corrected chi connectivity index (χ3v) is 9.72. The molecule has 1 aliphatic rings. The fourth-order valence-electron chi connectivity index (χ4n) is 4.51. The first-order valence-corrected chi connectivity index (χ1v) is 14.8. The van der Waals surface area contributed by atoms with E-state index in [1.54, 1.807) is 30.0 Å². The van der Waals surface area contributed by atoms with Crippen molar-refractivity contribution in [3.63, 3.8) is 0 Å². The summed E-state index contributed by atoms with van der Waals surface area (Å²) in [5.74, 6) is -0.157. The quantitative estimate of drug-likeness (QED) is 0.230. The number of hydrogen-bond acceptors (Lipinski definition) is 8. The van der Waals surface area contributed by atoms with E-state index in [-0.39, 0.29) is 23.0 Å². The van der Waals surface area contributed by atoms with Crippen LogP contribution in [0.2, 0.25) is 0 Å². The molecule has 0 saturated carbocycles. The summed E-state index contributed by atoms with van der Waals surface area (Å²) in [6.45, 7) is 4.52. The number of sulfonamides is 1. The number of piperazine rings is 1. The van der Waals surface area contributed by atoms with Crippen LogP contribution in [-0.2, 0) is 16.6 Å². The van der Waals surface area contributed by atoms with Gasteiger partial charge in [0.25, 0.3) is 11.6 Å². The number of fused-ring (bicyclic) bond motifs is 1. The highest BCUT2D eigenvalue weighted by Crippen LogP contribution is 2.32. The Kier molecular flexibility index (Phi) is 7.60. The highest BCUT2D eigenvalue weighted by molar-refractivity contribution is 7.89. The molecule has 0 unspecified atom stereocenters. The number of carbonyl (C=O) groups excluding carboxylic acids is 1. The van der Waals surface area contributed by atoms with Gasteiger partial charge in [-0.25, -0.2) is 13.4 Å². The summed E-state index contributed by atoms with van der Waals surface area (Å²) < 4.78 is 28.6. The molecule has 1 aliphatic heterocycles. The molecule has 39 heavy (non-hydrogen) atoms. The van der Waals surface area contributed by atoms with Crippen LogP contribution in [0, 0.1) is 10.1 Å². The third kappa shape index (κ3) is 5.63. The number of carbonyl (C=O) groups is 1. The minimum absolute atomic E-state index is 0.0329. The average molecular weight is 566 g/mol. The van der Waals surface area contributed by atoms with Crippen molar-refractivity contribution in [2.45, 2.75) is 18.4 Å². The van der Waals surface area contributed by atoms with E-state index in [1.807, 2.05) is 30.3 Å². The molecular formula is C27H27N5O5S2. The summed E-state index contributed by atoms with van der Waals surface area (Å²) in [4.78, 5) is 32.4. The molecule has 0 bridgehead atoms. The molecule has 0 N–H and O–H groups in total. The fourth-order valence-corrected chi connectivity index (χ4v) is 6.99. The SMILES string of the molecule is CCN(Cc1ccccc1)S(=O)(=O)c1ccc(C(=O)N2CCN(c3nc4ccc([N+](=O)[O-])cc4s3)CC2)cc1. The molecule has 5 rings (SSSR count). The molecule has 0 aliphatic carbocycles. The molecule has 1 fully saturated rings. The zero-order chi connectivity index (χ0) is 27.6. The molecule has 2 heterocycles. The van der Waals surface area contributed by atoms with Gasteiger partial charge in [-0.15, -0.1) is 0 Å². The first-order chi connectivity index (χ1) is 18.8.